The van der Waals surface area contributed by atoms with Crippen LogP contribution in [0, 0.1) is 13.8 Å². The number of hydrogen-bond acceptors (Lipinski definition) is 6. The minimum atomic E-state index is -3.57. The molecule has 7 nitrogen and oxygen atoms in total. The lowest BCUT2D eigenvalue weighted by Gasteiger charge is -2.35. The predicted molar refractivity (Wildman–Crippen MR) is 115 cm³/mol. The van der Waals surface area contributed by atoms with E-state index in [1.54, 1.807) is 23.5 Å². The number of ether oxygens (including phenoxy) is 1. The van der Waals surface area contributed by atoms with Crippen molar-refractivity contribution in [2.75, 3.05) is 38.2 Å². The molecule has 8 heteroatoms. The lowest BCUT2D eigenvalue weighted by molar-refractivity contribution is 0.383. The summed E-state index contributed by atoms with van der Waals surface area (Å²) in [6.07, 6.45) is 0. The zero-order valence-electron chi connectivity index (χ0n) is 17.3. The molecule has 4 rings (SSSR count). The van der Waals surface area contributed by atoms with Gasteiger partial charge in [-0.3, -0.25) is 0 Å². The third-order valence-electron chi connectivity index (χ3n) is 5.36. The molecule has 0 bridgehead atoms. The molecule has 1 aromatic heterocycles. The van der Waals surface area contributed by atoms with Crippen LogP contribution < -0.4 is 9.64 Å². The number of aromatic nitrogens is 1. The quantitative estimate of drug-likeness (QED) is 0.621. The first-order chi connectivity index (χ1) is 14.4. The number of sulfonamides is 1. The van der Waals surface area contributed by atoms with Crippen molar-refractivity contribution in [3.05, 3.63) is 59.8 Å². The van der Waals surface area contributed by atoms with Crippen LogP contribution in [-0.4, -0.2) is 51.2 Å². The molecular formula is C22H25N3O4S. The van der Waals surface area contributed by atoms with Crippen molar-refractivity contribution < 1.29 is 17.7 Å². The van der Waals surface area contributed by atoms with Gasteiger partial charge in [-0.2, -0.15) is 4.31 Å². The van der Waals surface area contributed by atoms with Gasteiger partial charge < -0.3 is 14.2 Å². The number of benzene rings is 2. The number of anilines is 1. The highest BCUT2D eigenvalue weighted by atomic mass is 32.2. The molecule has 0 atom stereocenters. The van der Waals surface area contributed by atoms with Crippen LogP contribution in [0.2, 0.25) is 0 Å². The van der Waals surface area contributed by atoms with Gasteiger partial charge in [0.25, 0.3) is 0 Å². The van der Waals surface area contributed by atoms with Gasteiger partial charge in [-0.1, -0.05) is 11.2 Å². The Kier molecular flexibility index (Phi) is 5.53. The van der Waals surface area contributed by atoms with Gasteiger partial charge in [-0.25, -0.2) is 8.42 Å². The second-order valence-corrected chi connectivity index (χ2v) is 9.31. The van der Waals surface area contributed by atoms with E-state index in [9.17, 15) is 8.42 Å². The standard InChI is InChI=1S/C22H25N3O4S/c1-16-13-18(21-14-17(2)23-29-21)7-8-22(16)30(26,27)25-11-9-24(10-12-25)19-5-4-6-20(15-19)28-3/h4-8,13-15H,9-12H2,1-3H3. The summed E-state index contributed by atoms with van der Waals surface area (Å²) in [5, 5.41) is 3.90. The van der Waals surface area contributed by atoms with Crippen LogP contribution in [0.1, 0.15) is 11.3 Å². The van der Waals surface area contributed by atoms with Crippen LogP contribution in [0.25, 0.3) is 11.3 Å². The van der Waals surface area contributed by atoms with Crippen molar-refractivity contribution in [1.82, 2.24) is 9.46 Å². The monoisotopic (exact) mass is 427 g/mol. The first-order valence-electron chi connectivity index (χ1n) is 9.82. The fourth-order valence-electron chi connectivity index (χ4n) is 3.72. The van der Waals surface area contributed by atoms with Gasteiger partial charge in [0.2, 0.25) is 10.0 Å². The van der Waals surface area contributed by atoms with E-state index in [-0.39, 0.29) is 0 Å². The molecule has 1 fully saturated rings. The van der Waals surface area contributed by atoms with E-state index in [2.05, 4.69) is 10.1 Å². The van der Waals surface area contributed by atoms with E-state index in [0.717, 1.165) is 22.7 Å². The summed E-state index contributed by atoms with van der Waals surface area (Å²) in [5.41, 5.74) is 3.33. The van der Waals surface area contributed by atoms with Crippen molar-refractivity contribution in [2.45, 2.75) is 18.7 Å². The molecule has 0 aliphatic carbocycles. The van der Waals surface area contributed by atoms with E-state index in [1.165, 1.54) is 0 Å². The van der Waals surface area contributed by atoms with Gasteiger partial charge >= 0.3 is 0 Å². The van der Waals surface area contributed by atoms with Crippen molar-refractivity contribution in [1.29, 1.82) is 0 Å². The summed E-state index contributed by atoms with van der Waals surface area (Å²) < 4.78 is 38.7. The third kappa shape index (κ3) is 3.93. The maximum atomic E-state index is 13.3. The van der Waals surface area contributed by atoms with Crippen molar-refractivity contribution in [3.8, 4) is 17.1 Å². The zero-order chi connectivity index (χ0) is 21.3. The Labute approximate surface area is 176 Å². The molecular weight excluding hydrogens is 402 g/mol. The number of piperazine rings is 1. The highest BCUT2D eigenvalue weighted by Gasteiger charge is 2.30. The molecule has 0 N–H and O–H groups in total. The predicted octanol–water partition coefficient (Wildman–Crippen LogP) is 3.48. The molecule has 1 aliphatic heterocycles. The van der Waals surface area contributed by atoms with Gasteiger partial charge in [0.05, 0.1) is 17.7 Å². The summed E-state index contributed by atoms with van der Waals surface area (Å²) >= 11 is 0. The highest BCUT2D eigenvalue weighted by molar-refractivity contribution is 7.89. The average molecular weight is 428 g/mol. The SMILES string of the molecule is COc1cccc(N2CCN(S(=O)(=O)c3ccc(-c4cc(C)no4)cc3C)CC2)c1. The van der Waals surface area contributed by atoms with Gasteiger partial charge in [0.15, 0.2) is 5.76 Å². The Morgan fingerprint density at radius 1 is 1.00 bits per heavy atom. The molecule has 2 aromatic carbocycles. The van der Waals surface area contributed by atoms with Gasteiger partial charge in [0, 0.05) is 49.6 Å². The number of methoxy groups -OCH3 is 1. The zero-order valence-corrected chi connectivity index (χ0v) is 18.1. The number of rotatable bonds is 5. The van der Waals surface area contributed by atoms with Crippen LogP contribution in [0.15, 0.2) is 57.9 Å². The summed E-state index contributed by atoms with van der Waals surface area (Å²) in [6, 6.07) is 14.9. The van der Waals surface area contributed by atoms with Crippen LogP contribution in [0.3, 0.4) is 0 Å². The Balaban J connectivity index is 1.50. The smallest absolute Gasteiger partial charge is 0.243 e. The molecule has 158 valence electrons. The van der Waals surface area contributed by atoms with E-state index >= 15 is 0 Å². The van der Waals surface area contributed by atoms with Crippen LogP contribution >= 0.6 is 0 Å². The maximum absolute atomic E-state index is 13.3. The fourth-order valence-corrected chi connectivity index (χ4v) is 5.35. The second-order valence-electron chi connectivity index (χ2n) is 7.41. The maximum Gasteiger partial charge on any atom is 0.243 e. The Morgan fingerprint density at radius 3 is 2.40 bits per heavy atom. The molecule has 0 amide bonds. The summed E-state index contributed by atoms with van der Waals surface area (Å²) in [4.78, 5) is 2.51. The number of hydrogen-bond donors (Lipinski definition) is 0. The summed E-state index contributed by atoms with van der Waals surface area (Å²) in [6.45, 7) is 5.78. The Morgan fingerprint density at radius 2 is 1.77 bits per heavy atom. The van der Waals surface area contributed by atoms with Crippen molar-refractivity contribution in [3.63, 3.8) is 0 Å². The van der Waals surface area contributed by atoms with Crippen molar-refractivity contribution in [2.24, 2.45) is 0 Å². The molecule has 0 unspecified atom stereocenters. The lowest BCUT2D eigenvalue weighted by atomic mass is 10.1. The molecule has 2 heterocycles. The Bertz CT molecular complexity index is 1150. The second kappa shape index (κ2) is 8.12. The minimum Gasteiger partial charge on any atom is -0.497 e. The van der Waals surface area contributed by atoms with Gasteiger partial charge in [0.1, 0.15) is 5.75 Å². The lowest BCUT2D eigenvalue weighted by Crippen LogP contribution is -2.48. The van der Waals surface area contributed by atoms with E-state index in [4.69, 9.17) is 9.26 Å². The number of nitrogens with zero attached hydrogens (tertiary/aromatic N) is 3. The van der Waals surface area contributed by atoms with E-state index in [0.29, 0.717) is 42.4 Å². The molecule has 1 aliphatic rings. The molecule has 0 radical (unpaired) electrons. The molecule has 1 saturated heterocycles. The minimum absolute atomic E-state index is 0.331. The topological polar surface area (TPSA) is 75.9 Å². The third-order valence-corrected chi connectivity index (χ3v) is 7.42. The first kappa shape index (κ1) is 20.4. The van der Waals surface area contributed by atoms with Crippen LogP contribution in [-0.2, 0) is 10.0 Å². The summed E-state index contributed by atoms with van der Waals surface area (Å²) in [7, 11) is -1.93. The summed E-state index contributed by atoms with van der Waals surface area (Å²) in [5.74, 6) is 1.42. The number of aryl methyl sites for hydroxylation is 2. The molecule has 30 heavy (non-hydrogen) atoms. The average Bonchev–Trinajstić information content (AvgIpc) is 3.20. The normalized spacial score (nSPS) is 15.4. The fraction of sp³-hybridized carbons (Fsp3) is 0.318. The Hall–Kier alpha value is -2.84. The van der Waals surface area contributed by atoms with E-state index < -0.39 is 10.0 Å². The first-order valence-corrected chi connectivity index (χ1v) is 11.3. The molecule has 0 saturated carbocycles. The highest BCUT2D eigenvalue weighted by Crippen LogP contribution is 2.28. The van der Waals surface area contributed by atoms with Gasteiger partial charge in [-0.15, -0.1) is 0 Å². The molecule has 3 aromatic rings. The van der Waals surface area contributed by atoms with E-state index in [1.807, 2.05) is 50.2 Å². The van der Waals surface area contributed by atoms with Gasteiger partial charge in [-0.05, 0) is 49.7 Å². The molecule has 0 spiro atoms. The van der Waals surface area contributed by atoms with Crippen molar-refractivity contribution >= 4 is 15.7 Å². The van der Waals surface area contributed by atoms with Crippen LogP contribution in [0.4, 0.5) is 5.69 Å². The van der Waals surface area contributed by atoms with Crippen LogP contribution in [0.5, 0.6) is 5.75 Å². The largest absolute Gasteiger partial charge is 0.497 e.